The van der Waals surface area contributed by atoms with Gasteiger partial charge < -0.3 is 19.9 Å². The van der Waals surface area contributed by atoms with E-state index < -0.39 is 14.6 Å². The minimum atomic E-state index is -3.48. The predicted molar refractivity (Wildman–Crippen MR) is 116 cm³/mol. The summed E-state index contributed by atoms with van der Waals surface area (Å²) in [7, 11) is -1.83. The number of sulfone groups is 1. The second-order valence-corrected chi connectivity index (χ2v) is 9.29. The molecule has 1 N–H and O–H groups in total. The summed E-state index contributed by atoms with van der Waals surface area (Å²) >= 11 is 0. The van der Waals surface area contributed by atoms with E-state index in [0.29, 0.717) is 52.1 Å². The number of methoxy groups -OCH3 is 1. The zero-order chi connectivity index (χ0) is 18.8. The van der Waals surface area contributed by atoms with Crippen molar-refractivity contribution < 1.29 is 17.9 Å². The molecule has 1 aromatic rings. The molecular formula is C18H29Cl2N3O4S. The zero-order valence-corrected chi connectivity index (χ0v) is 18.7. The number of para-hydroxylation sites is 2. The number of halogens is 2. The van der Waals surface area contributed by atoms with Crippen LogP contribution in [-0.4, -0.2) is 76.6 Å². The van der Waals surface area contributed by atoms with Gasteiger partial charge in [0.1, 0.15) is 5.75 Å². The number of anilines is 1. The van der Waals surface area contributed by atoms with Gasteiger partial charge >= 0.3 is 0 Å². The molecule has 2 saturated heterocycles. The summed E-state index contributed by atoms with van der Waals surface area (Å²) in [6.45, 7) is 3.46. The van der Waals surface area contributed by atoms with Gasteiger partial charge in [0.15, 0.2) is 14.6 Å². The van der Waals surface area contributed by atoms with Crippen LogP contribution < -0.4 is 15.0 Å². The molecule has 0 unspecified atom stereocenters. The summed E-state index contributed by atoms with van der Waals surface area (Å²) < 4.78 is 29.1. The summed E-state index contributed by atoms with van der Waals surface area (Å²) in [6, 6.07) is 7.81. The van der Waals surface area contributed by atoms with Crippen LogP contribution in [0.25, 0.3) is 0 Å². The molecule has 0 saturated carbocycles. The monoisotopic (exact) mass is 453 g/mol. The molecule has 28 heavy (non-hydrogen) atoms. The number of carbonyl (C=O) groups is 1. The lowest BCUT2D eigenvalue weighted by Gasteiger charge is -2.42. The van der Waals surface area contributed by atoms with Gasteiger partial charge in [-0.1, -0.05) is 12.1 Å². The van der Waals surface area contributed by atoms with Crippen LogP contribution in [0.15, 0.2) is 24.3 Å². The van der Waals surface area contributed by atoms with Crippen LogP contribution in [0.3, 0.4) is 0 Å². The number of piperazine rings is 1. The summed E-state index contributed by atoms with van der Waals surface area (Å²) in [6.07, 6.45) is 1.89. The topological polar surface area (TPSA) is 79.0 Å². The van der Waals surface area contributed by atoms with E-state index >= 15 is 0 Å². The van der Waals surface area contributed by atoms with Gasteiger partial charge in [0.25, 0.3) is 0 Å². The third-order valence-electron chi connectivity index (χ3n) is 5.50. The maximum absolute atomic E-state index is 13.2. The Morgan fingerprint density at radius 1 is 1.07 bits per heavy atom. The zero-order valence-electron chi connectivity index (χ0n) is 16.2. The van der Waals surface area contributed by atoms with E-state index in [2.05, 4.69) is 10.2 Å². The lowest BCUT2D eigenvalue weighted by Crippen LogP contribution is -2.61. The Labute approximate surface area is 179 Å². The molecule has 1 amide bonds. The van der Waals surface area contributed by atoms with Crippen LogP contribution in [0.2, 0.25) is 0 Å². The molecule has 2 aliphatic rings. The van der Waals surface area contributed by atoms with Crippen molar-refractivity contribution >= 4 is 46.2 Å². The molecule has 3 rings (SSSR count). The minimum absolute atomic E-state index is 0. The standard InChI is InChI=1S/C18H27N3O4S.2ClH/c1-25-16-6-4-3-5-15(16)20-11-13-21(14-12-20)17(22)18(26(2,23)24)7-9-19-10-8-18;;/h3-6,19H,7-14H2,1-2H3;2*1H. The summed E-state index contributed by atoms with van der Waals surface area (Å²) in [5.41, 5.74) is 1.00. The average Bonchev–Trinajstić information content (AvgIpc) is 2.67. The van der Waals surface area contributed by atoms with Crippen molar-refractivity contribution in [2.75, 3.05) is 57.5 Å². The van der Waals surface area contributed by atoms with Gasteiger partial charge in [-0.15, -0.1) is 24.8 Å². The van der Waals surface area contributed by atoms with Crippen LogP contribution in [0.5, 0.6) is 5.75 Å². The Morgan fingerprint density at radius 3 is 2.18 bits per heavy atom. The molecule has 1 aromatic carbocycles. The maximum atomic E-state index is 13.2. The molecule has 2 fully saturated rings. The summed E-state index contributed by atoms with van der Waals surface area (Å²) in [5, 5.41) is 3.15. The van der Waals surface area contributed by atoms with Crippen molar-refractivity contribution in [1.29, 1.82) is 0 Å². The summed E-state index contributed by atoms with van der Waals surface area (Å²) in [4.78, 5) is 17.1. The number of amides is 1. The molecule has 0 spiro atoms. The van der Waals surface area contributed by atoms with E-state index in [0.717, 1.165) is 11.4 Å². The van der Waals surface area contributed by atoms with Crippen LogP contribution in [0.1, 0.15) is 12.8 Å². The molecule has 0 radical (unpaired) electrons. The molecule has 0 bridgehead atoms. The number of hydrogen-bond acceptors (Lipinski definition) is 6. The SMILES string of the molecule is COc1ccccc1N1CCN(C(=O)C2(S(C)(=O)=O)CCNCC2)CC1.Cl.Cl. The molecule has 0 atom stereocenters. The van der Waals surface area contributed by atoms with Crippen molar-refractivity contribution in [2.45, 2.75) is 17.6 Å². The molecule has 0 aromatic heterocycles. The lowest BCUT2D eigenvalue weighted by molar-refractivity contribution is -0.135. The molecule has 7 nitrogen and oxygen atoms in total. The third kappa shape index (κ3) is 4.67. The highest BCUT2D eigenvalue weighted by atomic mass is 35.5. The fourth-order valence-electron chi connectivity index (χ4n) is 3.90. The fraction of sp³-hybridized carbons (Fsp3) is 0.611. The van der Waals surface area contributed by atoms with Crippen molar-refractivity contribution in [3.63, 3.8) is 0 Å². The number of carbonyl (C=O) groups excluding carboxylic acids is 1. The van der Waals surface area contributed by atoms with Crippen molar-refractivity contribution in [1.82, 2.24) is 10.2 Å². The fourth-order valence-corrected chi connectivity index (χ4v) is 5.30. The van der Waals surface area contributed by atoms with Crippen LogP contribution in [0, 0.1) is 0 Å². The first-order chi connectivity index (χ1) is 12.4. The van der Waals surface area contributed by atoms with Gasteiger partial charge in [-0.25, -0.2) is 8.42 Å². The molecular weight excluding hydrogens is 425 g/mol. The van der Waals surface area contributed by atoms with E-state index in [1.165, 1.54) is 6.26 Å². The number of hydrogen-bond donors (Lipinski definition) is 1. The van der Waals surface area contributed by atoms with E-state index in [-0.39, 0.29) is 30.7 Å². The number of piperidine rings is 1. The molecule has 10 heteroatoms. The van der Waals surface area contributed by atoms with E-state index in [4.69, 9.17) is 4.74 Å². The highest BCUT2D eigenvalue weighted by Gasteiger charge is 2.50. The second kappa shape index (κ2) is 10.0. The molecule has 2 heterocycles. The van der Waals surface area contributed by atoms with Gasteiger partial charge in [-0.3, -0.25) is 4.79 Å². The van der Waals surface area contributed by atoms with Gasteiger partial charge in [0, 0.05) is 32.4 Å². The smallest absolute Gasteiger partial charge is 0.244 e. The molecule has 2 aliphatic heterocycles. The van der Waals surface area contributed by atoms with Gasteiger partial charge in [-0.2, -0.15) is 0 Å². The van der Waals surface area contributed by atoms with Crippen molar-refractivity contribution in [3.8, 4) is 5.75 Å². The van der Waals surface area contributed by atoms with Gasteiger partial charge in [-0.05, 0) is 38.1 Å². The highest BCUT2D eigenvalue weighted by Crippen LogP contribution is 2.32. The number of nitrogens with zero attached hydrogens (tertiary/aromatic N) is 2. The van der Waals surface area contributed by atoms with Crippen molar-refractivity contribution in [2.24, 2.45) is 0 Å². The van der Waals surface area contributed by atoms with E-state index in [1.807, 2.05) is 24.3 Å². The Hall–Kier alpha value is -1.22. The first-order valence-electron chi connectivity index (χ1n) is 8.97. The first kappa shape index (κ1) is 24.8. The maximum Gasteiger partial charge on any atom is 0.244 e. The Bertz CT molecular complexity index is 762. The first-order valence-corrected chi connectivity index (χ1v) is 10.9. The van der Waals surface area contributed by atoms with Crippen LogP contribution in [-0.2, 0) is 14.6 Å². The van der Waals surface area contributed by atoms with E-state index in [1.54, 1.807) is 12.0 Å². The number of benzene rings is 1. The quantitative estimate of drug-likeness (QED) is 0.740. The van der Waals surface area contributed by atoms with Gasteiger partial charge in [0.2, 0.25) is 5.91 Å². The summed E-state index contributed by atoms with van der Waals surface area (Å²) in [5.74, 6) is 0.569. The van der Waals surface area contributed by atoms with Gasteiger partial charge in [0.05, 0.1) is 12.8 Å². The Balaban J connectivity index is 0.00000196. The normalized spacial score (nSPS) is 19.2. The average molecular weight is 454 g/mol. The predicted octanol–water partition coefficient (Wildman–Crippen LogP) is 1.35. The largest absolute Gasteiger partial charge is 0.495 e. The van der Waals surface area contributed by atoms with E-state index in [9.17, 15) is 13.2 Å². The Kier molecular flexibility index (Phi) is 8.87. The third-order valence-corrected chi connectivity index (χ3v) is 7.51. The molecule has 0 aliphatic carbocycles. The second-order valence-electron chi connectivity index (χ2n) is 6.97. The number of ether oxygens (including phenoxy) is 1. The number of nitrogens with one attached hydrogen (secondary N) is 1. The number of rotatable bonds is 4. The Morgan fingerprint density at radius 2 is 1.64 bits per heavy atom. The van der Waals surface area contributed by atoms with Crippen LogP contribution in [0.4, 0.5) is 5.69 Å². The minimum Gasteiger partial charge on any atom is -0.495 e. The van der Waals surface area contributed by atoms with Crippen molar-refractivity contribution in [3.05, 3.63) is 24.3 Å². The lowest BCUT2D eigenvalue weighted by atomic mass is 9.94. The van der Waals surface area contributed by atoms with Crippen LogP contribution >= 0.6 is 24.8 Å². The molecule has 160 valence electrons. The highest BCUT2D eigenvalue weighted by molar-refractivity contribution is 7.92.